The first-order valence-corrected chi connectivity index (χ1v) is 12.8. The fraction of sp³-hybridized carbons (Fsp3) is 0.400. The van der Waals surface area contributed by atoms with E-state index in [2.05, 4.69) is 9.44 Å². The molecule has 0 heterocycles. The Hall–Kier alpha value is -2.22. The molecule has 8 nitrogen and oxygen atoms in total. The molecule has 0 saturated heterocycles. The number of nitrogens with one attached hydrogen (secondary N) is 2. The molecule has 0 saturated carbocycles. The van der Waals surface area contributed by atoms with Gasteiger partial charge in [0.15, 0.2) is 0 Å². The van der Waals surface area contributed by atoms with Gasteiger partial charge in [0.2, 0.25) is 20.0 Å². The molecule has 33 heavy (non-hydrogen) atoms. The summed E-state index contributed by atoms with van der Waals surface area (Å²) in [6, 6.07) is 5.69. The van der Waals surface area contributed by atoms with Gasteiger partial charge in [-0.1, -0.05) is 0 Å². The fourth-order valence-corrected chi connectivity index (χ4v) is 5.80. The molecule has 0 fully saturated rings. The van der Waals surface area contributed by atoms with E-state index in [-0.39, 0.29) is 21.3 Å². The minimum Gasteiger partial charge on any atom is -0.527 e. The van der Waals surface area contributed by atoms with Gasteiger partial charge >= 0.3 is 7.69 Å². The summed E-state index contributed by atoms with van der Waals surface area (Å²) >= 11 is 0. The van der Waals surface area contributed by atoms with Crippen LogP contribution in [0.1, 0.15) is 41.5 Å². The van der Waals surface area contributed by atoms with Crippen LogP contribution in [0.15, 0.2) is 46.2 Å². The van der Waals surface area contributed by atoms with E-state index in [1.165, 1.54) is 0 Å². The Morgan fingerprint density at radius 1 is 0.697 bits per heavy atom. The van der Waals surface area contributed by atoms with Crippen LogP contribution in [0.4, 0.5) is 8.78 Å². The summed E-state index contributed by atoms with van der Waals surface area (Å²) in [5.41, 5.74) is -1.63. The number of halogens is 2. The van der Waals surface area contributed by atoms with Crippen molar-refractivity contribution in [2.45, 2.75) is 62.4 Å². The van der Waals surface area contributed by atoms with Crippen LogP contribution in [0.2, 0.25) is 0 Å². The van der Waals surface area contributed by atoms with Crippen molar-refractivity contribution in [3.63, 3.8) is 0 Å². The van der Waals surface area contributed by atoms with Crippen LogP contribution in [0, 0.1) is 11.6 Å². The molecule has 0 aliphatic carbocycles. The van der Waals surface area contributed by atoms with Gasteiger partial charge in [-0.05, 0) is 65.8 Å². The van der Waals surface area contributed by atoms with Crippen molar-refractivity contribution < 1.29 is 34.9 Å². The molecule has 2 N–H and O–H groups in total. The predicted octanol–water partition coefficient (Wildman–Crippen LogP) is 2.84. The molecule has 0 radical (unpaired) electrons. The van der Waals surface area contributed by atoms with Gasteiger partial charge < -0.3 is 9.31 Å². The lowest BCUT2D eigenvalue weighted by molar-refractivity contribution is 0.436. The van der Waals surface area contributed by atoms with Gasteiger partial charge in [-0.3, -0.25) is 0 Å². The third-order valence-corrected chi connectivity index (χ3v) is 7.30. The monoisotopic (exact) mass is 504 g/mol. The first-order chi connectivity index (χ1) is 14.9. The molecule has 0 aliphatic rings. The molecule has 0 aliphatic heterocycles. The van der Waals surface area contributed by atoms with Crippen molar-refractivity contribution in [1.29, 1.82) is 0 Å². The SMILES string of the molecule is CC(C)(C)NS(=O)(=O)c1ccc(F)cc1OBOc1cc(F)ccc1S(=O)(=O)NC(C)(C)C. The normalized spacial score (nSPS) is 13.0. The molecule has 13 heteroatoms. The highest BCUT2D eigenvalue weighted by Crippen LogP contribution is 2.28. The number of benzene rings is 2. The Morgan fingerprint density at radius 2 is 1.03 bits per heavy atom. The molecule has 0 atom stereocenters. The molecular weight excluding hydrogens is 477 g/mol. The molecule has 182 valence electrons. The average molecular weight is 504 g/mol. The highest BCUT2D eigenvalue weighted by atomic mass is 32.2. The maximum absolute atomic E-state index is 13.8. The van der Waals surface area contributed by atoms with Crippen LogP contribution in [0.5, 0.6) is 11.5 Å². The van der Waals surface area contributed by atoms with Gasteiger partial charge in [0, 0.05) is 23.2 Å². The van der Waals surface area contributed by atoms with Crippen LogP contribution in [0.25, 0.3) is 0 Å². The average Bonchev–Trinajstić information content (AvgIpc) is 2.57. The zero-order valence-corrected chi connectivity index (χ0v) is 20.8. The number of rotatable bonds is 8. The van der Waals surface area contributed by atoms with Gasteiger partial charge in [-0.2, -0.15) is 0 Å². The van der Waals surface area contributed by atoms with Gasteiger partial charge in [-0.25, -0.2) is 35.1 Å². The quantitative estimate of drug-likeness (QED) is 0.535. The summed E-state index contributed by atoms with van der Waals surface area (Å²) in [6.07, 6.45) is 0. The van der Waals surface area contributed by atoms with Crippen molar-refractivity contribution in [2.75, 3.05) is 0 Å². The lowest BCUT2D eigenvalue weighted by Crippen LogP contribution is -2.40. The Morgan fingerprint density at radius 3 is 1.33 bits per heavy atom. The number of hydrogen-bond donors (Lipinski definition) is 2. The summed E-state index contributed by atoms with van der Waals surface area (Å²) in [5, 5.41) is 0. The lowest BCUT2D eigenvalue weighted by Gasteiger charge is -2.22. The van der Waals surface area contributed by atoms with Crippen LogP contribution in [-0.2, 0) is 20.0 Å². The van der Waals surface area contributed by atoms with Gasteiger partial charge in [0.05, 0.1) is 0 Å². The van der Waals surface area contributed by atoms with Gasteiger partial charge in [-0.15, -0.1) is 0 Å². The largest absolute Gasteiger partial charge is 0.576 e. The first-order valence-electron chi connectivity index (χ1n) is 9.82. The van der Waals surface area contributed by atoms with Crippen LogP contribution in [0.3, 0.4) is 0 Å². The second-order valence-electron chi connectivity index (χ2n) is 9.30. The number of sulfonamides is 2. The van der Waals surface area contributed by atoms with Gasteiger partial charge in [0.25, 0.3) is 0 Å². The smallest absolute Gasteiger partial charge is 0.527 e. The van der Waals surface area contributed by atoms with Crippen LogP contribution >= 0.6 is 0 Å². The van der Waals surface area contributed by atoms with E-state index in [0.29, 0.717) is 0 Å². The Balaban J connectivity index is 2.32. The maximum atomic E-state index is 13.8. The third-order valence-electron chi connectivity index (χ3n) is 3.70. The van der Waals surface area contributed by atoms with E-state index < -0.39 is 50.4 Å². The molecule has 2 aromatic rings. The first kappa shape index (κ1) is 27.0. The van der Waals surface area contributed by atoms with Gasteiger partial charge in [0.1, 0.15) is 32.9 Å². The van der Waals surface area contributed by atoms with E-state index in [1.807, 2.05) is 0 Å². The van der Waals surface area contributed by atoms with Crippen LogP contribution in [-0.4, -0.2) is 35.6 Å². The molecule has 0 spiro atoms. The zero-order chi connectivity index (χ0) is 25.2. The highest BCUT2D eigenvalue weighted by Gasteiger charge is 2.28. The standard InChI is InChI=1S/C20H27BF2N2O6S2/c1-19(2,3)24-32(26,27)17-9-7-13(22)11-15(17)30-21-31-16-12-14(23)8-10-18(16)33(28,29)25-20(4,5)6/h7-12,21,24-25H,1-6H3. The van der Waals surface area contributed by atoms with E-state index in [9.17, 15) is 25.6 Å². The maximum Gasteiger partial charge on any atom is 0.576 e. The lowest BCUT2D eigenvalue weighted by atomic mass is 10.1. The Labute approximate surface area is 194 Å². The van der Waals surface area contributed by atoms with E-state index in [1.54, 1.807) is 41.5 Å². The highest BCUT2D eigenvalue weighted by molar-refractivity contribution is 7.90. The second kappa shape index (κ2) is 9.57. The third kappa shape index (κ3) is 7.95. The fourth-order valence-electron chi connectivity index (χ4n) is 2.71. The zero-order valence-electron chi connectivity index (χ0n) is 19.2. The summed E-state index contributed by atoms with van der Waals surface area (Å²) in [5.74, 6) is -2.24. The van der Waals surface area contributed by atoms with Crippen molar-refractivity contribution in [3.05, 3.63) is 48.0 Å². The molecule has 0 bridgehead atoms. The summed E-state index contributed by atoms with van der Waals surface area (Å²) in [4.78, 5) is -0.687. The molecular formula is C20H27BF2N2O6S2. The van der Waals surface area contributed by atoms with Crippen molar-refractivity contribution >= 4 is 27.7 Å². The molecule has 0 aromatic heterocycles. The van der Waals surface area contributed by atoms with E-state index in [0.717, 1.165) is 36.4 Å². The minimum atomic E-state index is -4.08. The summed E-state index contributed by atoms with van der Waals surface area (Å²) in [7, 11) is -8.88. The number of hydrogen-bond acceptors (Lipinski definition) is 6. The second-order valence-corrected chi connectivity index (χ2v) is 12.6. The van der Waals surface area contributed by atoms with E-state index >= 15 is 0 Å². The minimum absolute atomic E-state index is 0.344. The van der Waals surface area contributed by atoms with Crippen LogP contribution < -0.4 is 18.8 Å². The Bertz CT molecular complexity index is 1130. The molecule has 0 amide bonds. The van der Waals surface area contributed by atoms with Crippen molar-refractivity contribution in [3.8, 4) is 11.5 Å². The predicted molar refractivity (Wildman–Crippen MR) is 121 cm³/mol. The Kier molecular flexibility index (Phi) is 7.84. The van der Waals surface area contributed by atoms with E-state index in [4.69, 9.17) is 9.31 Å². The molecule has 0 unspecified atom stereocenters. The molecule has 2 rings (SSSR count). The topological polar surface area (TPSA) is 111 Å². The molecule has 2 aromatic carbocycles. The van der Waals surface area contributed by atoms with Crippen molar-refractivity contribution in [2.24, 2.45) is 0 Å². The summed E-state index contributed by atoms with van der Waals surface area (Å²) in [6.45, 7) is 9.81. The van der Waals surface area contributed by atoms with Crippen molar-refractivity contribution in [1.82, 2.24) is 9.44 Å². The summed E-state index contributed by atoms with van der Waals surface area (Å²) < 4.78 is 93.8.